The fourth-order valence-corrected chi connectivity index (χ4v) is 2.96. The average Bonchev–Trinajstić information content (AvgIpc) is 3.05. The topological polar surface area (TPSA) is 64.7 Å². The third kappa shape index (κ3) is 3.92. The Bertz CT molecular complexity index is 943. The van der Waals surface area contributed by atoms with E-state index >= 15 is 0 Å². The molecule has 0 fully saturated rings. The van der Waals surface area contributed by atoms with E-state index in [1.54, 1.807) is 4.68 Å². The van der Waals surface area contributed by atoms with Crippen molar-refractivity contribution in [2.24, 2.45) is 0 Å². The van der Waals surface area contributed by atoms with Crippen molar-refractivity contribution >= 4 is 34.8 Å². The van der Waals surface area contributed by atoms with E-state index in [-0.39, 0.29) is 12.5 Å². The molecule has 0 bridgehead atoms. The molecule has 3 aromatic rings. The molecule has 6 nitrogen and oxygen atoms in total. The first-order chi connectivity index (χ1) is 12.3. The molecule has 0 aliphatic carbocycles. The average molecular weight is 392 g/mol. The summed E-state index contributed by atoms with van der Waals surface area (Å²) in [5, 5.41) is 12.8. The van der Waals surface area contributed by atoms with Crippen molar-refractivity contribution in [1.82, 2.24) is 19.6 Å². The number of aryl methyl sites for hydroxylation is 1. The molecule has 0 saturated carbocycles. The van der Waals surface area contributed by atoms with E-state index < -0.39 is 0 Å². The SMILES string of the molecule is Cc1nn(Cc2ccc(Cl)cc2)c(C)c1NC(=O)Cn1ncc(Cl)c1C. The Hall–Kier alpha value is -2.31. The van der Waals surface area contributed by atoms with E-state index in [4.69, 9.17) is 23.2 Å². The fourth-order valence-electron chi connectivity index (χ4n) is 2.69. The van der Waals surface area contributed by atoms with E-state index in [2.05, 4.69) is 15.5 Å². The third-order valence-corrected chi connectivity index (χ3v) is 4.85. The van der Waals surface area contributed by atoms with Gasteiger partial charge in [-0.1, -0.05) is 35.3 Å². The summed E-state index contributed by atoms with van der Waals surface area (Å²) in [4.78, 5) is 12.4. The Morgan fingerprint density at radius 1 is 1.08 bits per heavy atom. The molecule has 1 aromatic carbocycles. The zero-order valence-corrected chi connectivity index (χ0v) is 16.3. The van der Waals surface area contributed by atoms with Crippen molar-refractivity contribution < 1.29 is 4.79 Å². The van der Waals surface area contributed by atoms with Crippen LogP contribution < -0.4 is 5.32 Å². The lowest BCUT2D eigenvalue weighted by atomic mass is 10.2. The second-order valence-electron chi connectivity index (χ2n) is 6.11. The van der Waals surface area contributed by atoms with Crippen LogP contribution in [-0.2, 0) is 17.9 Å². The Kier molecular flexibility index (Phi) is 5.34. The summed E-state index contributed by atoms with van der Waals surface area (Å²) in [7, 11) is 0. The van der Waals surface area contributed by atoms with Gasteiger partial charge in [0, 0.05) is 5.02 Å². The molecule has 2 heterocycles. The minimum atomic E-state index is -0.176. The highest BCUT2D eigenvalue weighted by atomic mass is 35.5. The summed E-state index contributed by atoms with van der Waals surface area (Å²) in [5.74, 6) is -0.176. The number of carbonyl (C=O) groups is 1. The standard InChI is InChI=1S/C18H19Cl2N5O/c1-11-18(22-17(26)10-24-12(2)16(20)8-21-24)13(3)25(23-11)9-14-4-6-15(19)7-5-14/h4-8H,9-10H2,1-3H3,(H,22,26). The first-order valence-electron chi connectivity index (χ1n) is 8.11. The van der Waals surface area contributed by atoms with Crippen molar-refractivity contribution in [2.45, 2.75) is 33.9 Å². The van der Waals surface area contributed by atoms with Crippen molar-refractivity contribution in [2.75, 3.05) is 5.32 Å². The lowest BCUT2D eigenvalue weighted by Crippen LogP contribution is -2.21. The molecule has 1 amide bonds. The molecule has 0 radical (unpaired) electrons. The van der Waals surface area contributed by atoms with Gasteiger partial charge in [0.2, 0.25) is 5.91 Å². The summed E-state index contributed by atoms with van der Waals surface area (Å²) < 4.78 is 3.44. The number of anilines is 1. The van der Waals surface area contributed by atoms with Gasteiger partial charge in [-0.05, 0) is 38.5 Å². The minimum absolute atomic E-state index is 0.0970. The second-order valence-corrected chi connectivity index (χ2v) is 6.96. The van der Waals surface area contributed by atoms with Crippen LogP contribution in [0.2, 0.25) is 10.0 Å². The van der Waals surface area contributed by atoms with Crippen molar-refractivity contribution in [3.63, 3.8) is 0 Å². The van der Waals surface area contributed by atoms with Crippen LogP contribution in [0.4, 0.5) is 5.69 Å². The molecule has 1 N–H and O–H groups in total. The highest BCUT2D eigenvalue weighted by molar-refractivity contribution is 6.31. The van der Waals surface area contributed by atoms with Crippen LogP contribution in [0.3, 0.4) is 0 Å². The number of halogens is 2. The van der Waals surface area contributed by atoms with Crippen LogP contribution >= 0.6 is 23.2 Å². The number of benzene rings is 1. The number of rotatable bonds is 5. The summed E-state index contributed by atoms with van der Waals surface area (Å²) in [6.07, 6.45) is 1.53. The van der Waals surface area contributed by atoms with Crippen LogP contribution in [0, 0.1) is 20.8 Å². The van der Waals surface area contributed by atoms with E-state index in [0.717, 1.165) is 28.3 Å². The number of aromatic nitrogens is 4. The molecule has 136 valence electrons. The number of hydrogen-bond acceptors (Lipinski definition) is 3. The molecule has 0 aliphatic rings. The predicted octanol–water partition coefficient (Wildman–Crippen LogP) is 4.00. The largest absolute Gasteiger partial charge is 0.321 e. The highest BCUT2D eigenvalue weighted by Crippen LogP contribution is 2.21. The lowest BCUT2D eigenvalue weighted by molar-refractivity contribution is -0.116. The normalized spacial score (nSPS) is 11.0. The maximum absolute atomic E-state index is 12.4. The van der Waals surface area contributed by atoms with Gasteiger partial charge in [0.25, 0.3) is 0 Å². The van der Waals surface area contributed by atoms with E-state index in [1.807, 2.05) is 49.7 Å². The molecule has 2 aromatic heterocycles. The highest BCUT2D eigenvalue weighted by Gasteiger charge is 2.16. The number of hydrogen-bond donors (Lipinski definition) is 1. The zero-order valence-electron chi connectivity index (χ0n) is 14.8. The quantitative estimate of drug-likeness (QED) is 0.714. The Morgan fingerprint density at radius 3 is 2.38 bits per heavy atom. The molecular weight excluding hydrogens is 373 g/mol. The number of carbonyl (C=O) groups excluding carboxylic acids is 1. The van der Waals surface area contributed by atoms with Crippen LogP contribution in [0.15, 0.2) is 30.5 Å². The number of nitrogens with one attached hydrogen (secondary N) is 1. The van der Waals surface area contributed by atoms with Crippen molar-refractivity contribution in [3.8, 4) is 0 Å². The zero-order chi connectivity index (χ0) is 18.8. The van der Waals surface area contributed by atoms with Gasteiger partial charge < -0.3 is 5.32 Å². The first kappa shape index (κ1) is 18.5. The van der Waals surface area contributed by atoms with Crippen LogP contribution in [-0.4, -0.2) is 25.5 Å². The Balaban J connectivity index is 1.74. The molecule has 8 heteroatoms. The number of nitrogens with zero attached hydrogens (tertiary/aromatic N) is 4. The minimum Gasteiger partial charge on any atom is -0.321 e. The molecular formula is C18H19Cl2N5O. The summed E-state index contributed by atoms with van der Waals surface area (Å²) >= 11 is 11.9. The van der Waals surface area contributed by atoms with Gasteiger partial charge in [-0.2, -0.15) is 10.2 Å². The lowest BCUT2D eigenvalue weighted by Gasteiger charge is -2.08. The molecule has 3 rings (SSSR count). The van der Waals surface area contributed by atoms with Gasteiger partial charge in [0.1, 0.15) is 6.54 Å². The molecule has 0 atom stereocenters. The Labute approximate surface area is 161 Å². The smallest absolute Gasteiger partial charge is 0.246 e. The van der Waals surface area contributed by atoms with Crippen LogP contribution in [0.1, 0.15) is 22.6 Å². The predicted molar refractivity (Wildman–Crippen MR) is 103 cm³/mol. The van der Waals surface area contributed by atoms with E-state index in [9.17, 15) is 4.79 Å². The summed E-state index contributed by atoms with van der Waals surface area (Å²) in [6.45, 7) is 6.33. The van der Waals surface area contributed by atoms with E-state index in [1.165, 1.54) is 6.20 Å². The van der Waals surface area contributed by atoms with Crippen molar-refractivity contribution in [1.29, 1.82) is 0 Å². The summed E-state index contributed by atoms with van der Waals surface area (Å²) in [6, 6.07) is 7.62. The van der Waals surface area contributed by atoms with Crippen molar-refractivity contribution in [3.05, 3.63) is 63.2 Å². The van der Waals surface area contributed by atoms with Crippen LogP contribution in [0.25, 0.3) is 0 Å². The van der Waals surface area contributed by atoms with Crippen LogP contribution in [0.5, 0.6) is 0 Å². The fraction of sp³-hybridized carbons (Fsp3) is 0.278. The van der Waals surface area contributed by atoms with Gasteiger partial charge >= 0.3 is 0 Å². The summed E-state index contributed by atoms with van der Waals surface area (Å²) in [5.41, 5.74) is 4.22. The van der Waals surface area contributed by atoms with Gasteiger partial charge in [-0.3, -0.25) is 14.2 Å². The second kappa shape index (κ2) is 7.51. The van der Waals surface area contributed by atoms with Gasteiger partial charge in [0.05, 0.1) is 40.5 Å². The first-order valence-corrected chi connectivity index (χ1v) is 8.87. The molecule has 0 unspecified atom stereocenters. The molecule has 26 heavy (non-hydrogen) atoms. The van der Waals surface area contributed by atoms with Gasteiger partial charge in [-0.15, -0.1) is 0 Å². The molecule has 0 aliphatic heterocycles. The van der Waals surface area contributed by atoms with E-state index in [0.29, 0.717) is 16.6 Å². The van der Waals surface area contributed by atoms with Gasteiger partial charge in [0.15, 0.2) is 0 Å². The third-order valence-electron chi connectivity index (χ3n) is 4.23. The number of amides is 1. The van der Waals surface area contributed by atoms with Gasteiger partial charge in [-0.25, -0.2) is 0 Å². The maximum Gasteiger partial charge on any atom is 0.246 e. The molecule has 0 saturated heterocycles. The molecule has 0 spiro atoms. The monoisotopic (exact) mass is 391 g/mol. The maximum atomic E-state index is 12.4. The Morgan fingerprint density at radius 2 is 1.77 bits per heavy atom.